The minimum Gasteiger partial charge on any atom is -0.350 e. The van der Waals surface area contributed by atoms with Gasteiger partial charge in [0.05, 0.1) is 22.9 Å². The number of fused-ring (bicyclic) bond motifs is 1. The maximum absolute atomic E-state index is 13.2. The summed E-state index contributed by atoms with van der Waals surface area (Å²) < 4.78 is 0. The lowest BCUT2D eigenvalue weighted by atomic mass is 9.95. The van der Waals surface area contributed by atoms with Crippen LogP contribution >= 0.6 is 11.8 Å². The summed E-state index contributed by atoms with van der Waals surface area (Å²) in [4.78, 5) is 41.7. The van der Waals surface area contributed by atoms with E-state index >= 15 is 0 Å². The van der Waals surface area contributed by atoms with Crippen molar-refractivity contribution in [2.75, 3.05) is 18.6 Å². The van der Waals surface area contributed by atoms with E-state index in [1.54, 1.807) is 23.1 Å². The Bertz CT molecular complexity index is 906. The summed E-state index contributed by atoms with van der Waals surface area (Å²) in [6.07, 6.45) is 4.08. The maximum Gasteiger partial charge on any atom is 0.256 e. The van der Waals surface area contributed by atoms with E-state index in [0.717, 1.165) is 0 Å². The van der Waals surface area contributed by atoms with Gasteiger partial charge in [-0.3, -0.25) is 14.4 Å². The summed E-state index contributed by atoms with van der Waals surface area (Å²) in [6, 6.07) is 7.01. The first-order chi connectivity index (χ1) is 12.4. The molecule has 2 amide bonds. The van der Waals surface area contributed by atoms with Gasteiger partial charge < -0.3 is 15.2 Å². The summed E-state index contributed by atoms with van der Waals surface area (Å²) >= 11 is 1.47. The molecule has 0 aliphatic carbocycles. The number of aromatic nitrogens is 1. The first-order valence-corrected chi connectivity index (χ1v) is 9.96. The van der Waals surface area contributed by atoms with Gasteiger partial charge in [-0.15, -0.1) is 0 Å². The van der Waals surface area contributed by atoms with Crippen LogP contribution in [0.3, 0.4) is 0 Å². The first kappa shape index (κ1) is 18.5. The van der Waals surface area contributed by atoms with Crippen LogP contribution < -0.4 is 10.9 Å². The number of nitrogens with zero attached hydrogens (tertiary/aromatic N) is 1. The minimum absolute atomic E-state index is 0.0145. The summed E-state index contributed by atoms with van der Waals surface area (Å²) in [5.74, 6) is 0.258. The Balaban J connectivity index is 1.91. The molecule has 1 aromatic heterocycles. The quantitative estimate of drug-likeness (QED) is 0.859. The monoisotopic (exact) mass is 373 g/mol. The van der Waals surface area contributed by atoms with Crippen molar-refractivity contribution < 1.29 is 9.59 Å². The first-order valence-electron chi connectivity index (χ1n) is 8.57. The van der Waals surface area contributed by atoms with Gasteiger partial charge in [-0.1, -0.05) is 18.2 Å². The van der Waals surface area contributed by atoms with Gasteiger partial charge in [-0.2, -0.15) is 11.8 Å². The number of amides is 2. The molecule has 0 spiro atoms. The van der Waals surface area contributed by atoms with Crippen LogP contribution in [0.1, 0.15) is 30.6 Å². The van der Waals surface area contributed by atoms with Gasteiger partial charge in [0, 0.05) is 23.5 Å². The van der Waals surface area contributed by atoms with Crippen LogP contribution in [0.4, 0.5) is 0 Å². The molecule has 1 unspecified atom stereocenters. The number of pyridine rings is 1. The molecular weight excluding hydrogens is 350 g/mol. The average Bonchev–Trinajstić information content (AvgIpc) is 2.89. The third kappa shape index (κ3) is 3.23. The standard InChI is InChI=1S/C19H23N3O3S/c1-19(2)15(21-16(23)11-26-3)8-9-22(19)18(25)14-10-20-17(24)13-7-5-4-6-12(13)14/h4-7,10,15H,8-9,11H2,1-3H3,(H,20,24)(H,21,23). The third-order valence-corrected chi connectivity index (χ3v) is 5.64. The predicted molar refractivity (Wildman–Crippen MR) is 105 cm³/mol. The molecule has 1 saturated heterocycles. The van der Waals surface area contributed by atoms with E-state index in [1.807, 2.05) is 26.2 Å². The van der Waals surface area contributed by atoms with Crippen molar-refractivity contribution in [2.45, 2.75) is 31.8 Å². The van der Waals surface area contributed by atoms with E-state index in [9.17, 15) is 14.4 Å². The van der Waals surface area contributed by atoms with Gasteiger partial charge in [-0.25, -0.2) is 0 Å². The molecule has 1 aromatic carbocycles. The summed E-state index contributed by atoms with van der Waals surface area (Å²) in [5, 5.41) is 4.19. The molecule has 138 valence electrons. The second kappa shape index (κ2) is 7.15. The van der Waals surface area contributed by atoms with E-state index in [4.69, 9.17) is 0 Å². The van der Waals surface area contributed by atoms with Crippen LogP contribution in [0.15, 0.2) is 35.3 Å². The number of hydrogen-bond acceptors (Lipinski definition) is 4. The van der Waals surface area contributed by atoms with E-state index in [1.165, 1.54) is 18.0 Å². The Kier molecular flexibility index (Phi) is 5.09. The second-order valence-electron chi connectivity index (χ2n) is 7.03. The van der Waals surface area contributed by atoms with Gasteiger partial charge in [0.15, 0.2) is 0 Å². The number of carbonyl (C=O) groups is 2. The number of thioether (sulfide) groups is 1. The summed E-state index contributed by atoms with van der Waals surface area (Å²) in [5.41, 5.74) is -0.244. The molecule has 1 atom stereocenters. The maximum atomic E-state index is 13.2. The highest BCUT2D eigenvalue weighted by atomic mass is 32.2. The van der Waals surface area contributed by atoms with Crippen molar-refractivity contribution >= 4 is 34.3 Å². The fraction of sp³-hybridized carbons (Fsp3) is 0.421. The summed E-state index contributed by atoms with van der Waals surface area (Å²) in [7, 11) is 0. The minimum atomic E-state index is -0.512. The molecule has 1 fully saturated rings. The van der Waals surface area contributed by atoms with Crippen LogP contribution in [0.5, 0.6) is 0 Å². The van der Waals surface area contributed by atoms with Crippen molar-refractivity contribution in [2.24, 2.45) is 0 Å². The van der Waals surface area contributed by atoms with Crippen LogP contribution in [0.2, 0.25) is 0 Å². The van der Waals surface area contributed by atoms with Crippen molar-refractivity contribution in [3.8, 4) is 0 Å². The van der Waals surface area contributed by atoms with Crippen LogP contribution in [-0.2, 0) is 4.79 Å². The van der Waals surface area contributed by atoms with E-state index in [0.29, 0.717) is 35.1 Å². The lowest BCUT2D eigenvalue weighted by Gasteiger charge is -2.36. The number of nitrogens with one attached hydrogen (secondary N) is 2. The molecule has 2 N–H and O–H groups in total. The van der Waals surface area contributed by atoms with Crippen molar-refractivity contribution in [3.05, 3.63) is 46.4 Å². The highest BCUT2D eigenvalue weighted by Crippen LogP contribution is 2.31. The molecule has 6 nitrogen and oxygen atoms in total. The number of aromatic amines is 1. The zero-order chi connectivity index (χ0) is 18.9. The average molecular weight is 373 g/mol. The van der Waals surface area contributed by atoms with Gasteiger partial charge in [-0.05, 0) is 32.6 Å². The molecule has 0 saturated carbocycles. The second-order valence-corrected chi connectivity index (χ2v) is 7.90. The molecule has 2 heterocycles. The Morgan fingerprint density at radius 3 is 2.69 bits per heavy atom. The van der Waals surface area contributed by atoms with Crippen LogP contribution in [0, 0.1) is 0 Å². The molecular formula is C19H23N3O3S. The lowest BCUT2D eigenvalue weighted by Crippen LogP contribution is -2.54. The Labute approximate surface area is 156 Å². The molecule has 0 radical (unpaired) electrons. The Morgan fingerprint density at radius 1 is 1.31 bits per heavy atom. The molecule has 1 aliphatic heterocycles. The topological polar surface area (TPSA) is 82.3 Å². The van der Waals surface area contributed by atoms with Gasteiger partial charge in [0.25, 0.3) is 11.5 Å². The third-order valence-electron chi connectivity index (χ3n) is 5.09. The van der Waals surface area contributed by atoms with E-state index < -0.39 is 5.54 Å². The fourth-order valence-electron chi connectivity index (χ4n) is 3.60. The number of carbonyl (C=O) groups excluding carboxylic acids is 2. The van der Waals surface area contributed by atoms with Gasteiger partial charge in [0.2, 0.25) is 5.91 Å². The highest BCUT2D eigenvalue weighted by Gasteiger charge is 2.44. The molecule has 1 aliphatic rings. The van der Waals surface area contributed by atoms with E-state index in [2.05, 4.69) is 10.3 Å². The van der Waals surface area contributed by atoms with Gasteiger partial charge >= 0.3 is 0 Å². The van der Waals surface area contributed by atoms with Crippen molar-refractivity contribution in [1.82, 2.24) is 15.2 Å². The van der Waals surface area contributed by atoms with Gasteiger partial charge in [0.1, 0.15) is 0 Å². The number of H-pyrrole nitrogens is 1. The zero-order valence-corrected chi connectivity index (χ0v) is 16.0. The van der Waals surface area contributed by atoms with Crippen molar-refractivity contribution in [1.29, 1.82) is 0 Å². The number of rotatable bonds is 4. The smallest absolute Gasteiger partial charge is 0.256 e. The number of benzene rings is 1. The molecule has 26 heavy (non-hydrogen) atoms. The Hall–Kier alpha value is -2.28. The molecule has 2 aromatic rings. The lowest BCUT2D eigenvalue weighted by molar-refractivity contribution is -0.119. The SMILES string of the molecule is CSCC(=O)NC1CCN(C(=O)c2c[nH]c(=O)c3ccccc23)C1(C)C. The summed E-state index contributed by atoms with van der Waals surface area (Å²) in [6.45, 7) is 4.50. The molecule has 7 heteroatoms. The zero-order valence-electron chi connectivity index (χ0n) is 15.2. The Morgan fingerprint density at radius 2 is 2.00 bits per heavy atom. The molecule has 3 rings (SSSR count). The normalized spacial score (nSPS) is 18.9. The predicted octanol–water partition coefficient (Wildman–Crippen LogP) is 2.00. The highest BCUT2D eigenvalue weighted by molar-refractivity contribution is 7.99. The van der Waals surface area contributed by atoms with Crippen molar-refractivity contribution in [3.63, 3.8) is 0 Å². The van der Waals surface area contributed by atoms with Crippen LogP contribution in [-0.4, -0.2) is 51.8 Å². The van der Waals surface area contributed by atoms with E-state index in [-0.39, 0.29) is 23.4 Å². The fourth-order valence-corrected chi connectivity index (χ4v) is 3.94. The molecule has 0 bridgehead atoms. The number of likely N-dealkylation sites (tertiary alicyclic amines) is 1. The van der Waals surface area contributed by atoms with Crippen LogP contribution in [0.25, 0.3) is 10.8 Å². The number of hydrogen-bond donors (Lipinski definition) is 2. The largest absolute Gasteiger partial charge is 0.350 e.